The average Bonchev–Trinajstić information content (AvgIpc) is 3.11. The molecule has 5 rings (SSSR count). The van der Waals surface area contributed by atoms with Crippen LogP contribution in [0.4, 0.5) is 5.69 Å². The van der Waals surface area contributed by atoms with Gasteiger partial charge >= 0.3 is 0 Å². The molecule has 2 aromatic heterocycles. The van der Waals surface area contributed by atoms with Crippen molar-refractivity contribution in [3.05, 3.63) is 58.9 Å². The van der Waals surface area contributed by atoms with Gasteiger partial charge in [-0.2, -0.15) is 0 Å². The average molecular weight is 406 g/mol. The Morgan fingerprint density at radius 1 is 1.03 bits per heavy atom. The van der Waals surface area contributed by atoms with Gasteiger partial charge in [-0.25, -0.2) is 0 Å². The number of likely N-dealkylation sites (tertiary alicyclic amines) is 1. The maximum atomic E-state index is 6.64. The molecule has 0 radical (unpaired) electrons. The summed E-state index contributed by atoms with van der Waals surface area (Å²) in [6.45, 7) is 5.26. The Kier molecular flexibility index (Phi) is 4.64. The maximum absolute atomic E-state index is 6.64. The Balaban J connectivity index is 1.69. The van der Waals surface area contributed by atoms with Gasteiger partial charge < -0.3 is 5.73 Å². The van der Waals surface area contributed by atoms with E-state index in [9.17, 15) is 0 Å². The van der Waals surface area contributed by atoms with E-state index in [1.165, 1.54) is 37.9 Å². The van der Waals surface area contributed by atoms with E-state index in [0.29, 0.717) is 16.4 Å². The molecule has 2 aromatic carbocycles. The van der Waals surface area contributed by atoms with Gasteiger partial charge in [0.05, 0.1) is 11.2 Å². The summed E-state index contributed by atoms with van der Waals surface area (Å²) in [6.07, 6.45) is 3.93. The number of benzene rings is 2. The number of piperidine rings is 1. The fourth-order valence-corrected chi connectivity index (χ4v) is 4.67. The highest BCUT2D eigenvalue weighted by Crippen LogP contribution is 2.38. The summed E-state index contributed by atoms with van der Waals surface area (Å²) >= 11 is 6.37. The van der Waals surface area contributed by atoms with Gasteiger partial charge in [-0.15, -0.1) is 10.2 Å². The number of nitrogen functional groups attached to an aromatic ring is 1. The van der Waals surface area contributed by atoms with E-state index in [4.69, 9.17) is 17.3 Å². The number of hydrogen-bond acceptors (Lipinski definition) is 4. The van der Waals surface area contributed by atoms with E-state index in [0.717, 1.165) is 34.4 Å². The summed E-state index contributed by atoms with van der Waals surface area (Å²) in [6, 6.07) is 14.6. The summed E-state index contributed by atoms with van der Waals surface area (Å²) in [5.41, 5.74) is 12.3. The zero-order valence-electron chi connectivity index (χ0n) is 16.5. The van der Waals surface area contributed by atoms with Gasteiger partial charge in [-0.1, -0.05) is 36.2 Å². The number of anilines is 1. The third kappa shape index (κ3) is 3.24. The van der Waals surface area contributed by atoms with Crippen molar-refractivity contribution >= 4 is 33.8 Å². The van der Waals surface area contributed by atoms with Crippen molar-refractivity contribution in [1.29, 1.82) is 0 Å². The normalized spacial score (nSPS) is 15.4. The fraction of sp³-hybridized carbons (Fsp3) is 0.304. The number of halogens is 1. The van der Waals surface area contributed by atoms with Crippen LogP contribution in [0, 0.1) is 6.92 Å². The topological polar surface area (TPSA) is 59.5 Å². The molecule has 6 heteroatoms. The van der Waals surface area contributed by atoms with E-state index in [1.54, 1.807) is 0 Å². The smallest absolute Gasteiger partial charge is 0.185 e. The Hall–Kier alpha value is -2.63. The number of nitrogens with two attached hydrogens (primary N) is 1. The largest absolute Gasteiger partial charge is 0.395 e. The molecule has 0 unspecified atom stereocenters. The van der Waals surface area contributed by atoms with Crippen molar-refractivity contribution in [3.63, 3.8) is 0 Å². The number of fused-ring (bicyclic) bond motifs is 3. The molecule has 1 aliphatic heterocycles. The van der Waals surface area contributed by atoms with Crippen LogP contribution in [0.2, 0.25) is 5.02 Å². The van der Waals surface area contributed by atoms with Crippen LogP contribution >= 0.6 is 11.6 Å². The van der Waals surface area contributed by atoms with Gasteiger partial charge in [0.2, 0.25) is 0 Å². The van der Waals surface area contributed by atoms with Crippen molar-refractivity contribution in [2.24, 2.45) is 0 Å². The lowest BCUT2D eigenvalue weighted by Crippen LogP contribution is -2.29. The zero-order chi connectivity index (χ0) is 20.0. The third-order valence-corrected chi connectivity index (χ3v) is 6.11. The van der Waals surface area contributed by atoms with Crippen molar-refractivity contribution in [2.45, 2.75) is 32.7 Å². The first-order valence-electron chi connectivity index (χ1n) is 10.2. The molecular weight excluding hydrogens is 382 g/mol. The predicted molar refractivity (Wildman–Crippen MR) is 119 cm³/mol. The molecule has 5 nitrogen and oxygen atoms in total. The van der Waals surface area contributed by atoms with Crippen LogP contribution in [-0.4, -0.2) is 32.6 Å². The summed E-state index contributed by atoms with van der Waals surface area (Å²) in [7, 11) is 0. The van der Waals surface area contributed by atoms with Crippen molar-refractivity contribution in [1.82, 2.24) is 19.5 Å². The number of rotatable bonds is 3. The Morgan fingerprint density at radius 2 is 1.86 bits per heavy atom. The van der Waals surface area contributed by atoms with E-state index in [1.807, 2.05) is 29.5 Å². The SMILES string of the molecule is Cc1nnc2c(N)c(-c3cccc(CN4CCCCC4)c3)c3cc(Cl)ccc3n12. The second-order valence-corrected chi connectivity index (χ2v) is 8.33. The summed E-state index contributed by atoms with van der Waals surface area (Å²) in [5.74, 6) is 0.810. The quantitative estimate of drug-likeness (QED) is 0.516. The zero-order valence-corrected chi connectivity index (χ0v) is 17.3. The minimum absolute atomic E-state index is 0.635. The molecule has 0 aliphatic carbocycles. The predicted octanol–water partition coefficient (Wildman–Crippen LogP) is 5.08. The van der Waals surface area contributed by atoms with Crippen LogP contribution in [0.15, 0.2) is 42.5 Å². The number of aryl methyl sites for hydroxylation is 1. The highest BCUT2D eigenvalue weighted by atomic mass is 35.5. The standard InChI is InChI=1S/C23H24ClN5/c1-15-26-27-23-22(25)21(19-13-18(24)8-9-20(19)29(15)23)17-7-5-6-16(12-17)14-28-10-3-2-4-11-28/h5-9,12-13H,2-4,10-11,14,25H2,1H3. The number of nitrogens with zero attached hydrogens (tertiary/aromatic N) is 4. The molecule has 0 saturated carbocycles. The van der Waals surface area contributed by atoms with Crippen LogP contribution in [0.1, 0.15) is 30.7 Å². The van der Waals surface area contributed by atoms with Gasteiger partial charge in [0.25, 0.3) is 0 Å². The summed E-state index contributed by atoms with van der Waals surface area (Å²) in [4.78, 5) is 2.53. The second-order valence-electron chi connectivity index (χ2n) is 7.89. The van der Waals surface area contributed by atoms with E-state index in [2.05, 4.69) is 39.4 Å². The number of aromatic nitrogens is 3. The lowest BCUT2D eigenvalue weighted by Gasteiger charge is -2.26. The molecule has 1 fully saturated rings. The first-order chi connectivity index (χ1) is 14.1. The lowest BCUT2D eigenvalue weighted by molar-refractivity contribution is 0.221. The summed E-state index contributed by atoms with van der Waals surface area (Å²) < 4.78 is 2.00. The van der Waals surface area contributed by atoms with Gasteiger partial charge in [0.1, 0.15) is 5.82 Å². The third-order valence-electron chi connectivity index (χ3n) is 5.87. The molecule has 0 spiro atoms. The molecule has 1 aliphatic rings. The molecule has 3 heterocycles. The molecule has 0 atom stereocenters. The van der Waals surface area contributed by atoms with Gasteiger partial charge in [0, 0.05) is 22.5 Å². The molecule has 0 bridgehead atoms. The van der Waals surface area contributed by atoms with Gasteiger partial charge in [-0.3, -0.25) is 9.30 Å². The van der Waals surface area contributed by atoms with Gasteiger partial charge in [-0.05, 0) is 68.2 Å². The Bertz CT molecular complexity index is 1210. The van der Waals surface area contributed by atoms with E-state index < -0.39 is 0 Å². The fourth-order valence-electron chi connectivity index (χ4n) is 4.50. The molecule has 4 aromatic rings. The minimum atomic E-state index is 0.635. The second kappa shape index (κ2) is 7.32. The first kappa shape index (κ1) is 18.4. The first-order valence-corrected chi connectivity index (χ1v) is 10.5. The van der Waals surface area contributed by atoms with Crippen LogP contribution in [-0.2, 0) is 6.54 Å². The van der Waals surface area contributed by atoms with E-state index in [-0.39, 0.29) is 0 Å². The van der Waals surface area contributed by atoms with Gasteiger partial charge in [0.15, 0.2) is 5.65 Å². The Labute approximate surface area is 175 Å². The van der Waals surface area contributed by atoms with Crippen molar-refractivity contribution in [3.8, 4) is 11.1 Å². The van der Waals surface area contributed by atoms with Crippen molar-refractivity contribution < 1.29 is 0 Å². The Morgan fingerprint density at radius 3 is 2.69 bits per heavy atom. The molecule has 148 valence electrons. The van der Waals surface area contributed by atoms with Crippen LogP contribution in [0.3, 0.4) is 0 Å². The lowest BCUT2D eigenvalue weighted by atomic mass is 9.97. The van der Waals surface area contributed by atoms with Crippen molar-refractivity contribution in [2.75, 3.05) is 18.8 Å². The summed E-state index contributed by atoms with van der Waals surface area (Å²) in [5, 5.41) is 10.3. The van der Waals surface area contributed by atoms with Crippen LogP contribution in [0.25, 0.3) is 27.7 Å². The maximum Gasteiger partial charge on any atom is 0.185 e. The number of hydrogen-bond donors (Lipinski definition) is 1. The van der Waals surface area contributed by atoms with E-state index >= 15 is 0 Å². The molecular formula is C23H24ClN5. The molecule has 2 N–H and O–H groups in total. The molecule has 29 heavy (non-hydrogen) atoms. The highest BCUT2D eigenvalue weighted by Gasteiger charge is 2.18. The van der Waals surface area contributed by atoms with Crippen LogP contribution < -0.4 is 5.73 Å². The number of pyridine rings is 1. The monoisotopic (exact) mass is 405 g/mol. The highest BCUT2D eigenvalue weighted by molar-refractivity contribution is 6.31. The van der Waals surface area contributed by atoms with Crippen LogP contribution in [0.5, 0.6) is 0 Å². The molecule has 1 saturated heterocycles. The molecule has 0 amide bonds. The minimum Gasteiger partial charge on any atom is -0.395 e.